The molecule has 0 radical (unpaired) electrons. The Labute approximate surface area is 112 Å². The molecule has 0 saturated heterocycles. The number of hydrogen-bond acceptors (Lipinski definition) is 2. The number of hydrogen-bond donors (Lipinski definition) is 0. The first kappa shape index (κ1) is 17.1. The molecule has 0 aromatic rings. The summed E-state index contributed by atoms with van der Waals surface area (Å²) in [6.45, 7) is 5.92. The van der Waals surface area contributed by atoms with Gasteiger partial charge in [-0.05, 0) is 12.8 Å². The van der Waals surface area contributed by atoms with E-state index in [2.05, 4.69) is 0 Å². The Balaban J connectivity index is 3.42. The molecule has 0 bridgehead atoms. The fraction of sp³-hybridized carbons (Fsp3) is 0.867. The van der Waals surface area contributed by atoms with Gasteiger partial charge in [-0.25, -0.2) is 0 Å². The third-order valence-electron chi connectivity index (χ3n) is 3.13. The number of unbranched alkanes of at least 4 members (excludes halogenated alkanes) is 4. The van der Waals surface area contributed by atoms with Crippen LogP contribution in [0.1, 0.15) is 65.7 Å². The number of carbonyl (C=O) groups excluding carboxylic acids is 2. The molecule has 0 rings (SSSR count). The predicted molar refractivity (Wildman–Crippen MR) is 75.5 cm³/mol. The maximum atomic E-state index is 11.7. The lowest BCUT2D eigenvalue weighted by Crippen LogP contribution is -2.21. The molecule has 0 N–H and O–H groups in total. The first-order chi connectivity index (χ1) is 8.25. The Hall–Kier alpha value is -0.860. The van der Waals surface area contributed by atoms with Crippen molar-refractivity contribution in [1.29, 1.82) is 0 Å². The van der Waals surface area contributed by atoms with E-state index in [4.69, 9.17) is 0 Å². The van der Waals surface area contributed by atoms with E-state index in [1.807, 2.05) is 20.8 Å². The summed E-state index contributed by atoms with van der Waals surface area (Å²) in [5.74, 6) is 0.559. The van der Waals surface area contributed by atoms with Crippen LogP contribution in [0.15, 0.2) is 0 Å². The summed E-state index contributed by atoms with van der Waals surface area (Å²) in [4.78, 5) is 24.6. The van der Waals surface area contributed by atoms with E-state index < -0.39 is 0 Å². The van der Waals surface area contributed by atoms with Gasteiger partial charge < -0.3 is 4.90 Å². The molecule has 0 aliphatic carbocycles. The van der Waals surface area contributed by atoms with Gasteiger partial charge in [0.1, 0.15) is 5.78 Å². The monoisotopic (exact) mass is 255 g/mol. The molecule has 1 amide bonds. The summed E-state index contributed by atoms with van der Waals surface area (Å²) in [5.41, 5.74) is -0.196. The maximum Gasteiger partial charge on any atom is 0.222 e. The number of ketones is 1. The first-order valence-electron chi connectivity index (χ1n) is 6.98. The largest absolute Gasteiger partial charge is 0.349 e. The third kappa shape index (κ3) is 8.26. The normalized spacial score (nSPS) is 11.4. The average Bonchev–Trinajstić information content (AvgIpc) is 2.25. The van der Waals surface area contributed by atoms with Crippen LogP contribution in [0, 0.1) is 5.41 Å². The van der Waals surface area contributed by atoms with Gasteiger partial charge in [0, 0.05) is 32.4 Å². The van der Waals surface area contributed by atoms with Crippen molar-refractivity contribution in [1.82, 2.24) is 4.90 Å². The van der Waals surface area contributed by atoms with Gasteiger partial charge in [-0.1, -0.05) is 40.0 Å². The van der Waals surface area contributed by atoms with Crippen LogP contribution in [0.25, 0.3) is 0 Å². The van der Waals surface area contributed by atoms with Gasteiger partial charge in [0.25, 0.3) is 0 Å². The van der Waals surface area contributed by atoms with Crippen LogP contribution in [-0.2, 0) is 9.59 Å². The van der Waals surface area contributed by atoms with Gasteiger partial charge in [0.2, 0.25) is 5.91 Å². The van der Waals surface area contributed by atoms with Crippen LogP contribution in [-0.4, -0.2) is 30.7 Å². The molecule has 0 aliphatic rings. The van der Waals surface area contributed by atoms with Crippen molar-refractivity contribution in [2.24, 2.45) is 5.41 Å². The van der Waals surface area contributed by atoms with Crippen molar-refractivity contribution in [2.75, 3.05) is 14.1 Å². The van der Waals surface area contributed by atoms with Crippen molar-refractivity contribution in [3.63, 3.8) is 0 Å². The summed E-state index contributed by atoms with van der Waals surface area (Å²) in [5, 5.41) is 0. The number of rotatable bonds is 8. The Morgan fingerprint density at radius 3 is 1.72 bits per heavy atom. The average molecular weight is 255 g/mol. The van der Waals surface area contributed by atoms with Gasteiger partial charge in [-0.3, -0.25) is 9.59 Å². The minimum absolute atomic E-state index is 0.196. The minimum Gasteiger partial charge on any atom is -0.349 e. The molecule has 106 valence electrons. The molecule has 0 fully saturated rings. The molecule has 3 nitrogen and oxygen atoms in total. The number of carbonyl (C=O) groups is 2. The Bertz CT molecular complexity index is 264. The topological polar surface area (TPSA) is 37.4 Å². The predicted octanol–water partition coefficient (Wildman–Crippen LogP) is 3.42. The summed E-state index contributed by atoms with van der Waals surface area (Å²) < 4.78 is 0. The fourth-order valence-electron chi connectivity index (χ4n) is 1.69. The summed E-state index contributed by atoms with van der Waals surface area (Å²) >= 11 is 0. The highest BCUT2D eigenvalue weighted by atomic mass is 16.2. The van der Waals surface area contributed by atoms with Crippen molar-refractivity contribution in [2.45, 2.75) is 65.7 Å². The van der Waals surface area contributed by atoms with Gasteiger partial charge in [-0.15, -0.1) is 0 Å². The van der Waals surface area contributed by atoms with Crippen LogP contribution in [0.2, 0.25) is 0 Å². The van der Waals surface area contributed by atoms with Crippen LogP contribution in [0.5, 0.6) is 0 Å². The quantitative estimate of drug-likeness (QED) is 0.623. The Kier molecular flexibility index (Phi) is 7.88. The third-order valence-corrected chi connectivity index (χ3v) is 3.13. The van der Waals surface area contributed by atoms with Crippen LogP contribution in [0.3, 0.4) is 0 Å². The molecular weight excluding hydrogens is 226 g/mol. The fourth-order valence-corrected chi connectivity index (χ4v) is 1.69. The highest BCUT2D eigenvalue weighted by Crippen LogP contribution is 2.19. The highest BCUT2D eigenvalue weighted by molar-refractivity contribution is 5.83. The number of nitrogens with zero attached hydrogens (tertiary/aromatic N) is 1. The second kappa shape index (κ2) is 8.28. The molecule has 0 aromatic carbocycles. The van der Waals surface area contributed by atoms with Gasteiger partial charge in [0.05, 0.1) is 0 Å². The van der Waals surface area contributed by atoms with E-state index in [0.717, 1.165) is 32.1 Å². The Morgan fingerprint density at radius 2 is 1.28 bits per heavy atom. The van der Waals surface area contributed by atoms with Crippen molar-refractivity contribution < 1.29 is 9.59 Å². The lowest BCUT2D eigenvalue weighted by atomic mass is 9.88. The van der Waals surface area contributed by atoms with E-state index >= 15 is 0 Å². The molecule has 0 atom stereocenters. The second-order valence-electron chi connectivity index (χ2n) is 6.23. The van der Waals surface area contributed by atoms with Crippen LogP contribution < -0.4 is 0 Å². The molecule has 0 aromatic heterocycles. The summed E-state index contributed by atoms with van der Waals surface area (Å²) in [7, 11) is 3.58. The minimum atomic E-state index is -0.196. The Morgan fingerprint density at radius 1 is 0.833 bits per heavy atom. The number of amides is 1. The standard InChI is InChI=1S/C15H29NO2/c1-15(2,3)13(17)11-9-7-6-8-10-12-14(18)16(4)5/h6-12H2,1-5H3. The van der Waals surface area contributed by atoms with Gasteiger partial charge in [-0.2, -0.15) is 0 Å². The van der Waals surface area contributed by atoms with Gasteiger partial charge >= 0.3 is 0 Å². The van der Waals surface area contributed by atoms with Crippen molar-refractivity contribution in [3.05, 3.63) is 0 Å². The van der Waals surface area contributed by atoms with Crippen molar-refractivity contribution >= 4 is 11.7 Å². The SMILES string of the molecule is CN(C)C(=O)CCCCCCCC(=O)C(C)(C)C. The zero-order chi connectivity index (χ0) is 14.2. The van der Waals surface area contributed by atoms with E-state index in [1.54, 1.807) is 19.0 Å². The zero-order valence-corrected chi connectivity index (χ0v) is 12.7. The molecular formula is C15H29NO2. The highest BCUT2D eigenvalue weighted by Gasteiger charge is 2.19. The van der Waals surface area contributed by atoms with Crippen LogP contribution in [0.4, 0.5) is 0 Å². The molecule has 0 spiro atoms. The summed E-state index contributed by atoms with van der Waals surface area (Å²) in [6, 6.07) is 0. The molecule has 0 aliphatic heterocycles. The maximum absolute atomic E-state index is 11.7. The smallest absolute Gasteiger partial charge is 0.222 e. The van der Waals surface area contributed by atoms with E-state index in [-0.39, 0.29) is 11.3 Å². The lowest BCUT2D eigenvalue weighted by molar-refractivity contribution is -0.128. The van der Waals surface area contributed by atoms with E-state index in [1.165, 1.54) is 0 Å². The first-order valence-corrected chi connectivity index (χ1v) is 6.98. The summed E-state index contributed by atoms with van der Waals surface area (Å²) in [6.07, 6.45) is 6.59. The molecule has 0 unspecified atom stereocenters. The molecule has 18 heavy (non-hydrogen) atoms. The van der Waals surface area contributed by atoms with E-state index in [0.29, 0.717) is 18.6 Å². The molecule has 3 heteroatoms. The van der Waals surface area contributed by atoms with Crippen molar-refractivity contribution in [3.8, 4) is 0 Å². The van der Waals surface area contributed by atoms with Crippen LogP contribution >= 0.6 is 0 Å². The molecule has 0 saturated carbocycles. The zero-order valence-electron chi connectivity index (χ0n) is 12.7. The lowest BCUT2D eigenvalue weighted by Gasteiger charge is -2.16. The number of Topliss-reactive ketones (excluding diaryl/α,β-unsaturated/α-hetero) is 1. The molecule has 0 heterocycles. The van der Waals surface area contributed by atoms with E-state index in [9.17, 15) is 9.59 Å². The second-order valence-corrected chi connectivity index (χ2v) is 6.23. The van der Waals surface area contributed by atoms with Gasteiger partial charge in [0.15, 0.2) is 0 Å².